The molecular formula is C12H28. The molecule has 0 aromatic rings. The van der Waals surface area contributed by atoms with Gasteiger partial charge in [0.25, 0.3) is 0 Å². The van der Waals surface area contributed by atoms with Crippen LogP contribution in [0.15, 0.2) is 0 Å². The molecular weight excluding hydrogens is 144 g/mol. The summed E-state index contributed by atoms with van der Waals surface area (Å²) in [5, 5.41) is 0. The highest BCUT2D eigenvalue weighted by molar-refractivity contribution is 4.55. The van der Waals surface area contributed by atoms with Gasteiger partial charge in [0.15, 0.2) is 0 Å². The summed E-state index contributed by atoms with van der Waals surface area (Å²) in [5.41, 5.74) is 0. The molecule has 0 heteroatoms. The summed E-state index contributed by atoms with van der Waals surface area (Å²) in [4.78, 5) is 0. The van der Waals surface area contributed by atoms with Gasteiger partial charge in [-0.1, -0.05) is 60.8 Å². The third kappa shape index (κ3) is 12.7. The van der Waals surface area contributed by atoms with Crippen LogP contribution in [0.1, 0.15) is 67.2 Å². The molecule has 0 nitrogen and oxygen atoms in total. The topological polar surface area (TPSA) is 0 Å². The van der Waals surface area contributed by atoms with Crippen LogP contribution < -0.4 is 0 Å². The van der Waals surface area contributed by atoms with Crippen molar-refractivity contribution in [1.29, 1.82) is 0 Å². The summed E-state index contributed by atoms with van der Waals surface area (Å²) >= 11 is 0. The predicted molar refractivity (Wildman–Crippen MR) is 59.5 cm³/mol. The van der Waals surface area contributed by atoms with E-state index in [0.29, 0.717) is 0 Å². The first-order chi connectivity index (χ1) is 5.66. The molecule has 0 rings (SSSR count). The Morgan fingerprint density at radius 1 is 1.00 bits per heavy atom. The van der Waals surface area contributed by atoms with Gasteiger partial charge in [-0.15, -0.1) is 0 Å². The van der Waals surface area contributed by atoms with Crippen molar-refractivity contribution in [3.05, 3.63) is 0 Å². The third-order valence-corrected chi connectivity index (χ3v) is 1.92. The number of hydrogen-bond donors (Lipinski definition) is 0. The normalized spacial score (nSPS) is 12.2. The van der Waals surface area contributed by atoms with E-state index in [1.807, 2.05) is 13.8 Å². The molecule has 0 heterocycles. The molecule has 0 aliphatic rings. The van der Waals surface area contributed by atoms with Crippen LogP contribution in [-0.4, -0.2) is 0 Å². The molecule has 0 aliphatic heterocycles. The lowest BCUT2D eigenvalue weighted by Crippen LogP contribution is -1.99. The zero-order chi connectivity index (χ0) is 9.98. The fourth-order valence-corrected chi connectivity index (χ4v) is 1.48. The Hall–Kier alpha value is 0. The Kier molecular flexibility index (Phi) is 13.3. The van der Waals surface area contributed by atoms with Gasteiger partial charge in [-0.3, -0.25) is 0 Å². The van der Waals surface area contributed by atoms with Gasteiger partial charge >= 0.3 is 0 Å². The highest BCUT2D eigenvalue weighted by Crippen LogP contribution is 2.16. The summed E-state index contributed by atoms with van der Waals surface area (Å²) in [7, 11) is 0. The summed E-state index contributed by atoms with van der Waals surface area (Å²) < 4.78 is 0. The number of unbranched alkanes of at least 4 members (excludes halogenated alkanes) is 1. The summed E-state index contributed by atoms with van der Waals surface area (Å²) in [6.07, 6.45) is 5.59. The van der Waals surface area contributed by atoms with E-state index in [1.54, 1.807) is 0 Å². The zero-order valence-electron chi connectivity index (χ0n) is 9.98. The van der Waals surface area contributed by atoms with Gasteiger partial charge in [-0.2, -0.15) is 0 Å². The molecule has 0 bridgehead atoms. The second kappa shape index (κ2) is 11.0. The molecule has 1 atom stereocenters. The molecule has 0 fully saturated rings. The van der Waals surface area contributed by atoms with Crippen LogP contribution in [0.2, 0.25) is 0 Å². The first-order valence-corrected chi connectivity index (χ1v) is 5.66. The van der Waals surface area contributed by atoms with Crippen molar-refractivity contribution >= 4 is 0 Å². The Morgan fingerprint density at radius 2 is 1.50 bits per heavy atom. The molecule has 0 saturated heterocycles. The lowest BCUT2D eigenvalue weighted by molar-refractivity contribution is 0.404. The number of rotatable bonds is 5. The highest BCUT2D eigenvalue weighted by Gasteiger charge is 2.03. The molecule has 76 valence electrons. The average Bonchev–Trinajstić information content (AvgIpc) is 2.03. The minimum atomic E-state index is 0.881. The quantitative estimate of drug-likeness (QED) is 0.554. The summed E-state index contributed by atoms with van der Waals surface area (Å²) in [5.74, 6) is 1.83. The van der Waals surface area contributed by atoms with Gasteiger partial charge < -0.3 is 0 Å². The second-order valence-electron chi connectivity index (χ2n) is 3.88. The van der Waals surface area contributed by atoms with Crippen molar-refractivity contribution in [2.45, 2.75) is 67.2 Å². The SMILES string of the molecule is CC.CCCCC(C)CC(C)C. The third-order valence-electron chi connectivity index (χ3n) is 1.92. The molecule has 0 spiro atoms. The maximum atomic E-state index is 2.37. The maximum Gasteiger partial charge on any atom is -0.0440 e. The van der Waals surface area contributed by atoms with Crippen molar-refractivity contribution in [2.24, 2.45) is 11.8 Å². The Labute approximate surface area is 79.8 Å². The van der Waals surface area contributed by atoms with Gasteiger partial charge in [0.2, 0.25) is 0 Å². The van der Waals surface area contributed by atoms with E-state index in [2.05, 4.69) is 27.7 Å². The van der Waals surface area contributed by atoms with E-state index in [1.165, 1.54) is 25.7 Å². The smallest absolute Gasteiger partial charge is 0.0440 e. The van der Waals surface area contributed by atoms with Crippen LogP contribution in [0, 0.1) is 11.8 Å². The van der Waals surface area contributed by atoms with Crippen LogP contribution in [0.25, 0.3) is 0 Å². The van der Waals surface area contributed by atoms with Gasteiger partial charge in [-0.25, -0.2) is 0 Å². The first kappa shape index (κ1) is 14.5. The van der Waals surface area contributed by atoms with E-state index >= 15 is 0 Å². The van der Waals surface area contributed by atoms with Crippen LogP contribution in [0.3, 0.4) is 0 Å². The largest absolute Gasteiger partial charge is 0.0683 e. The van der Waals surface area contributed by atoms with E-state index in [4.69, 9.17) is 0 Å². The lowest BCUT2D eigenvalue weighted by atomic mass is 9.94. The highest BCUT2D eigenvalue weighted by atomic mass is 14.1. The molecule has 0 radical (unpaired) electrons. The van der Waals surface area contributed by atoms with E-state index in [9.17, 15) is 0 Å². The second-order valence-corrected chi connectivity index (χ2v) is 3.88. The molecule has 0 N–H and O–H groups in total. The monoisotopic (exact) mass is 172 g/mol. The zero-order valence-corrected chi connectivity index (χ0v) is 9.98. The Morgan fingerprint density at radius 3 is 1.83 bits per heavy atom. The summed E-state index contributed by atoms with van der Waals surface area (Å²) in [6.45, 7) is 13.3. The minimum Gasteiger partial charge on any atom is -0.0683 e. The van der Waals surface area contributed by atoms with Crippen LogP contribution in [-0.2, 0) is 0 Å². The van der Waals surface area contributed by atoms with Gasteiger partial charge in [0.1, 0.15) is 0 Å². The fourth-order valence-electron chi connectivity index (χ4n) is 1.48. The first-order valence-electron chi connectivity index (χ1n) is 5.66. The molecule has 0 amide bonds. The lowest BCUT2D eigenvalue weighted by Gasteiger charge is -2.12. The summed E-state index contributed by atoms with van der Waals surface area (Å²) in [6, 6.07) is 0. The van der Waals surface area contributed by atoms with E-state index in [0.717, 1.165) is 11.8 Å². The van der Waals surface area contributed by atoms with Crippen LogP contribution in [0.4, 0.5) is 0 Å². The molecule has 1 unspecified atom stereocenters. The fraction of sp³-hybridized carbons (Fsp3) is 1.00. The molecule has 12 heavy (non-hydrogen) atoms. The number of hydrogen-bond acceptors (Lipinski definition) is 0. The van der Waals surface area contributed by atoms with Gasteiger partial charge in [-0.05, 0) is 18.3 Å². The van der Waals surface area contributed by atoms with Crippen molar-refractivity contribution in [2.75, 3.05) is 0 Å². The van der Waals surface area contributed by atoms with Crippen molar-refractivity contribution in [3.63, 3.8) is 0 Å². The van der Waals surface area contributed by atoms with Gasteiger partial charge in [0, 0.05) is 0 Å². The van der Waals surface area contributed by atoms with Crippen molar-refractivity contribution in [1.82, 2.24) is 0 Å². The van der Waals surface area contributed by atoms with E-state index < -0.39 is 0 Å². The van der Waals surface area contributed by atoms with Crippen LogP contribution >= 0.6 is 0 Å². The molecule has 0 saturated carbocycles. The molecule has 0 aromatic carbocycles. The molecule has 0 aromatic heterocycles. The van der Waals surface area contributed by atoms with Crippen LogP contribution in [0.5, 0.6) is 0 Å². The standard InChI is InChI=1S/C10H22.C2H6/c1-5-6-7-10(4)8-9(2)3;1-2/h9-10H,5-8H2,1-4H3;1-2H3. The van der Waals surface area contributed by atoms with E-state index in [-0.39, 0.29) is 0 Å². The molecule has 0 aliphatic carbocycles. The average molecular weight is 172 g/mol. The van der Waals surface area contributed by atoms with Crippen molar-refractivity contribution < 1.29 is 0 Å². The van der Waals surface area contributed by atoms with Gasteiger partial charge in [0.05, 0.1) is 0 Å². The maximum absolute atomic E-state index is 2.37. The Bertz CT molecular complexity index is 64.4. The van der Waals surface area contributed by atoms with Crippen molar-refractivity contribution in [3.8, 4) is 0 Å². The predicted octanol–water partition coefficient (Wildman–Crippen LogP) is 4.89. The minimum absolute atomic E-state index is 0.881. The Balaban J connectivity index is 0.